The molecule has 0 aliphatic heterocycles. The van der Waals surface area contributed by atoms with Crippen LogP contribution in [0.2, 0.25) is 0 Å². The summed E-state index contributed by atoms with van der Waals surface area (Å²) in [5.41, 5.74) is 2.49. The molecule has 2 amide bonds. The van der Waals surface area contributed by atoms with Crippen molar-refractivity contribution >= 4 is 17.5 Å². The number of carbonyl (C=O) groups is 2. The molecule has 0 saturated heterocycles. The molecule has 29 heavy (non-hydrogen) atoms. The molecule has 0 spiro atoms. The molecular weight excluding hydrogens is 362 g/mol. The number of aromatic nitrogens is 1. The fourth-order valence-electron chi connectivity index (χ4n) is 3.15. The molecule has 0 radical (unpaired) electrons. The first kappa shape index (κ1) is 20.3. The van der Waals surface area contributed by atoms with Crippen LogP contribution in [-0.4, -0.2) is 17.9 Å². The first-order valence-electron chi connectivity index (χ1n) is 9.73. The number of nitrogens with one attached hydrogen (secondary N) is 1. The van der Waals surface area contributed by atoms with E-state index in [9.17, 15) is 9.59 Å². The van der Waals surface area contributed by atoms with Gasteiger partial charge in [-0.2, -0.15) is 4.57 Å². The largest absolute Gasteiger partial charge is 0.348 e. The second-order valence-corrected chi connectivity index (χ2v) is 7.12. The third-order valence-corrected chi connectivity index (χ3v) is 4.59. The first-order chi connectivity index (χ1) is 14.0. The average Bonchev–Trinajstić information content (AvgIpc) is 2.74. The highest BCUT2D eigenvalue weighted by atomic mass is 16.2. The smallest absolute Gasteiger partial charge is 0.293 e. The summed E-state index contributed by atoms with van der Waals surface area (Å²) in [6.07, 6.45) is 3.53. The van der Waals surface area contributed by atoms with Crippen molar-refractivity contribution in [3.63, 3.8) is 0 Å². The van der Waals surface area contributed by atoms with Crippen molar-refractivity contribution in [1.29, 1.82) is 0 Å². The second-order valence-electron chi connectivity index (χ2n) is 7.12. The van der Waals surface area contributed by atoms with E-state index < -0.39 is 0 Å². The molecule has 0 unspecified atom stereocenters. The summed E-state index contributed by atoms with van der Waals surface area (Å²) in [4.78, 5) is 27.0. The van der Waals surface area contributed by atoms with Gasteiger partial charge in [-0.25, -0.2) is 0 Å². The van der Waals surface area contributed by atoms with Crippen molar-refractivity contribution in [3.8, 4) is 0 Å². The lowest BCUT2D eigenvalue weighted by molar-refractivity contribution is -0.684. The lowest BCUT2D eigenvalue weighted by Crippen LogP contribution is -2.47. The van der Waals surface area contributed by atoms with Gasteiger partial charge < -0.3 is 10.2 Å². The van der Waals surface area contributed by atoms with E-state index in [1.54, 1.807) is 34.0 Å². The molecule has 0 bridgehead atoms. The van der Waals surface area contributed by atoms with Crippen molar-refractivity contribution in [2.75, 3.05) is 4.90 Å². The third kappa shape index (κ3) is 5.51. The van der Waals surface area contributed by atoms with Gasteiger partial charge in [0.25, 0.3) is 11.8 Å². The monoisotopic (exact) mass is 388 g/mol. The number of amides is 2. The third-order valence-electron chi connectivity index (χ3n) is 4.59. The second kappa shape index (κ2) is 9.64. The Balaban J connectivity index is 1.62. The summed E-state index contributed by atoms with van der Waals surface area (Å²) in [5, 5.41) is 2.91. The summed E-state index contributed by atoms with van der Waals surface area (Å²) >= 11 is 0. The molecule has 0 saturated carbocycles. The van der Waals surface area contributed by atoms with E-state index >= 15 is 0 Å². The minimum absolute atomic E-state index is 0.00233. The van der Waals surface area contributed by atoms with E-state index in [0.29, 0.717) is 12.1 Å². The summed E-state index contributed by atoms with van der Waals surface area (Å²) in [7, 11) is 0. The van der Waals surface area contributed by atoms with E-state index in [2.05, 4.69) is 5.32 Å². The Bertz CT molecular complexity index is 939. The number of pyridine rings is 1. The summed E-state index contributed by atoms with van der Waals surface area (Å²) in [6, 6.07) is 22.9. The molecule has 148 valence electrons. The molecule has 0 atom stereocenters. The van der Waals surface area contributed by atoms with E-state index in [1.165, 1.54) is 0 Å². The molecule has 1 heterocycles. The Kier molecular flexibility index (Phi) is 6.74. The van der Waals surface area contributed by atoms with Gasteiger partial charge in [0.1, 0.15) is 0 Å². The van der Waals surface area contributed by atoms with Crippen molar-refractivity contribution in [3.05, 3.63) is 96.3 Å². The van der Waals surface area contributed by atoms with Crippen LogP contribution in [0.15, 0.2) is 85.2 Å². The number of nitrogens with zero attached hydrogens (tertiary/aromatic N) is 2. The zero-order valence-electron chi connectivity index (χ0n) is 16.8. The maximum atomic E-state index is 12.9. The number of para-hydroxylation sites is 1. The molecular formula is C24H26N3O2+. The SMILES string of the molecule is CC(C)N(C(=O)C[n+]1ccc(C(=O)NCc2ccccc2)cc1)c1ccccc1. The van der Waals surface area contributed by atoms with Crippen LogP contribution in [0, 0.1) is 0 Å². The molecule has 3 rings (SSSR count). The summed E-state index contributed by atoms with van der Waals surface area (Å²) in [6.45, 7) is 4.68. The van der Waals surface area contributed by atoms with Gasteiger partial charge in [0.05, 0.1) is 5.56 Å². The van der Waals surface area contributed by atoms with E-state index in [0.717, 1.165) is 11.3 Å². The van der Waals surface area contributed by atoms with Crippen LogP contribution in [0.5, 0.6) is 0 Å². The summed E-state index contributed by atoms with van der Waals surface area (Å²) < 4.78 is 1.79. The zero-order valence-corrected chi connectivity index (χ0v) is 16.8. The van der Waals surface area contributed by atoms with Crippen molar-refractivity contribution in [1.82, 2.24) is 5.32 Å². The highest BCUT2D eigenvalue weighted by Gasteiger charge is 2.22. The van der Waals surface area contributed by atoms with Gasteiger partial charge in [0.15, 0.2) is 12.4 Å². The van der Waals surface area contributed by atoms with E-state index in [-0.39, 0.29) is 24.4 Å². The number of benzene rings is 2. The van der Waals surface area contributed by atoms with Crippen molar-refractivity contribution in [2.24, 2.45) is 0 Å². The Hall–Kier alpha value is -3.47. The average molecular weight is 388 g/mol. The highest BCUT2D eigenvalue weighted by Crippen LogP contribution is 2.16. The maximum Gasteiger partial charge on any atom is 0.293 e. The Morgan fingerprint density at radius 3 is 2.07 bits per heavy atom. The van der Waals surface area contributed by atoms with Crippen LogP contribution in [-0.2, 0) is 17.9 Å². The van der Waals surface area contributed by atoms with Gasteiger partial charge in [-0.05, 0) is 31.5 Å². The molecule has 1 aromatic heterocycles. The van der Waals surface area contributed by atoms with Gasteiger partial charge in [-0.15, -0.1) is 0 Å². The van der Waals surface area contributed by atoms with Gasteiger partial charge in [-0.1, -0.05) is 48.5 Å². The van der Waals surface area contributed by atoms with Crippen LogP contribution in [0.3, 0.4) is 0 Å². The fraction of sp³-hybridized carbons (Fsp3) is 0.208. The predicted octanol–water partition coefficient (Wildman–Crippen LogP) is 3.35. The molecule has 0 fully saturated rings. The maximum absolute atomic E-state index is 12.9. The highest BCUT2D eigenvalue weighted by molar-refractivity contribution is 5.94. The van der Waals surface area contributed by atoms with Gasteiger partial charge in [0, 0.05) is 30.4 Å². The predicted molar refractivity (Wildman–Crippen MR) is 113 cm³/mol. The lowest BCUT2D eigenvalue weighted by Gasteiger charge is -2.25. The first-order valence-corrected chi connectivity index (χ1v) is 9.73. The number of rotatable bonds is 7. The topological polar surface area (TPSA) is 53.3 Å². The van der Waals surface area contributed by atoms with E-state index in [1.807, 2.05) is 74.5 Å². The quantitative estimate of drug-likeness (QED) is 0.631. The number of hydrogen-bond acceptors (Lipinski definition) is 2. The van der Waals surface area contributed by atoms with Crippen LogP contribution in [0.4, 0.5) is 5.69 Å². The Labute approximate surface area is 171 Å². The van der Waals surface area contributed by atoms with Crippen LogP contribution in [0.1, 0.15) is 29.8 Å². The van der Waals surface area contributed by atoms with Crippen molar-refractivity contribution in [2.45, 2.75) is 33.0 Å². The Morgan fingerprint density at radius 2 is 1.48 bits per heavy atom. The zero-order chi connectivity index (χ0) is 20.6. The lowest BCUT2D eigenvalue weighted by atomic mass is 10.2. The van der Waals surface area contributed by atoms with Gasteiger partial charge in [0.2, 0.25) is 6.54 Å². The fourth-order valence-corrected chi connectivity index (χ4v) is 3.15. The number of carbonyl (C=O) groups excluding carboxylic acids is 2. The number of hydrogen-bond donors (Lipinski definition) is 1. The molecule has 0 aliphatic rings. The van der Waals surface area contributed by atoms with E-state index in [4.69, 9.17) is 0 Å². The van der Waals surface area contributed by atoms with Crippen LogP contribution < -0.4 is 14.8 Å². The van der Waals surface area contributed by atoms with Crippen molar-refractivity contribution < 1.29 is 14.2 Å². The molecule has 5 nitrogen and oxygen atoms in total. The molecule has 0 aliphatic carbocycles. The minimum Gasteiger partial charge on any atom is -0.348 e. The molecule has 2 aromatic carbocycles. The van der Waals surface area contributed by atoms with Gasteiger partial charge >= 0.3 is 0 Å². The minimum atomic E-state index is -0.138. The molecule has 3 aromatic rings. The van der Waals surface area contributed by atoms with Crippen LogP contribution >= 0.6 is 0 Å². The Morgan fingerprint density at radius 1 is 0.897 bits per heavy atom. The molecule has 5 heteroatoms. The molecule has 1 N–H and O–H groups in total. The summed E-state index contributed by atoms with van der Waals surface area (Å²) in [5.74, 6) is -0.141. The standard InChI is InChI=1S/C24H25N3O2/c1-19(2)27(22-11-7-4-8-12-22)23(28)18-26-15-13-21(14-16-26)24(29)25-17-20-9-5-3-6-10-20/h3-16,19H,17-18H2,1-2H3/p+1. The number of anilines is 1. The van der Waals surface area contributed by atoms with Gasteiger partial charge in [-0.3, -0.25) is 9.59 Å². The van der Waals surface area contributed by atoms with Crippen LogP contribution in [0.25, 0.3) is 0 Å². The normalized spacial score (nSPS) is 10.6.